The van der Waals surface area contributed by atoms with E-state index in [1.54, 1.807) is 12.5 Å². The molecule has 0 saturated heterocycles. The summed E-state index contributed by atoms with van der Waals surface area (Å²) in [5.41, 5.74) is 10.6. The van der Waals surface area contributed by atoms with E-state index in [2.05, 4.69) is 31.0 Å². The van der Waals surface area contributed by atoms with Crippen molar-refractivity contribution < 1.29 is 4.42 Å². The monoisotopic (exact) mass is 230 g/mol. The predicted molar refractivity (Wildman–Crippen MR) is 69.9 cm³/mol. The summed E-state index contributed by atoms with van der Waals surface area (Å²) in [6, 6.07) is 8.22. The summed E-state index contributed by atoms with van der Waals surface area (Å²) < 4.78 is 5.09. The quantitative estimate of drug-likeness (QED) is 0.878. The van der Waals surface area contributed by atoms with Gasteiger partial charge in [-0.05, 0) is 24.1 Å². The van der Waals surface area contributed by atoms with Crippen LogP contribution in [0.2, 0.25) is 0 Å². The van der Waals surface area contributed by atoms with Crippen LogP contribution in [0.3, 0.4) is 0 Å². The molecule has 0 amide bonds. The van der Waals surface area contributed by atoms with Gasteiger partial charge in [-0.1, -0.05) is 18.2 Å². The van der Waals surface area contributed by atoms with Crippen LogP contribution in [-0.2, 0) is 13.1 Å². The molecule has 2 aromatic rings. The van der Waals surface area contributed by atoms with E-state index in [1.165, 1.54) is 22.4 Å². The van der Waals surface area contributed by atoms with Gasteiger partial charge in [0, 0.05) is 31.4 Å². The fourth-order valence-corrected chi connectivity index (χ4v) is 2.17. The zero-order chi connectivity index (χ0) is 12.3. The van der Waals surface area contributed by atoms with Crippen molar-refractivity contribution in [3.8, 4) is 0 Å². The molecule has 0 saturated carbocycles. The Labute approximate surface area is 102 Å². The van der Waals surface area contributed by atoms with Crippen LogP contribution < -0.4 is 10.6 Å². The van der Waals surface area contributed by atoms with Crippen molar-refractivity contribution in [1.82, 2.24) is 0 Å². The molecule has 0 spiro atoms. The number of nitrogens with two attached hydrogens (primary N) is 1. The van der Waals surface area contributed by atoms with Crippen LogP contribution in [0, 0.1) is 6.92 Å². The summed E-state index contributed by atoms with van der Waals surface area (Å²) in [4.78, 5) is 2.21. The van der Waals surface area contributed by atoms with Gasteiger partial charge in [-0.25, -0.2) is 0 Å². The topological polar surface area (TPSA) is 42.4 Å². The Kier molecular flexibility index (Phi) is 3.49. The summed E-state index contributed by atoms with van der Waals surface area (Å²) >= 11 is 0. The van der Waals surface area contributed by atoms with Crippen molar-refractivity contribution >= 4 is 5.69 Å². The van der Waals surface area contributed by atoms with E-state index in [0.717, 1.165) is 6.54 Å². The van der Waals surface area contributed by atoms with Crippen molar-refractivity contribution in [3.63, 3.8) is 0 Å². The molecule has 0 unspecified atom stereocenters. The maximum Gasteiger partial charge on any atom is 0.0952 e. The van der Waals surface area contributed by atoms with E-state index >= 15 is 0 Å². The van der Waals surface area contributed by atoms with Gasteiger partial charge in [-0.15, -0.1) is 0 Å². The molecule has 0 aliphatic heterocycles. The maximum absolute atomic E-state index is 5.79. The van der Waals surface area contributed by atoms with E-state index in [1.807, 2.05) is 12.1 Å². The fraction of sp³-hybridized carbons (Fsp3) is 0.286. The van der Waals surface area contributed by atoms with Crippen molar-refractivity contribution in [2.24, 2.45) is 5.73 Å². The highest BCUT2D eigenvalue weighted by Gasteiger charge is 2.10. The molecule has 90 valence electrons. The molecule has 0 fully saturated rings. The summed E-state index contributed by atoms with van der Waals surface area (Å²) in [6.45, 7) is 3.50. The third-order valence-electron chi connectivity index (χ3n) is 2.92. The average molecular weight is 230 g/mol. The molecule has 3 nitrogen and oxygen atoms in total. The number of benzene rings is 1. The third kappa shape index (κ3) is 2.50. The summed E-state index contributed by atoms with van der Waals surface area (Å²) in [5, 5.41) is 0. The number of para-hydroxylation sites is 1. The maximum atomic E-state index is 5.79. The molecule has 2 N–H and O–H groups in total. The van der Waals surface area contributed by atoms with Gasteiger partial charge in [-0.3, -0.25) is 0 Å². The Hall–Kier alpha value is -1.74. The second-order valence-corrected chi connectivity index (χ2v) is 4.27. The number of aryl methyl sites for hydroxylation is 1. The highest BCUT2D eigenvalue weighted by Crippen LogP contribution is 2.25. The van der Waals surface area contributed by atoms with Crippen LogP contribution in [0.1, 0.15) is 16.7 Å². The smallest absolute Gasteiger partial charge is 0.0952 e. The minimum Gasteiger partial charge on any atom is -0.472 e. The van der Waals surface area contributed by atoms with Gasteiger partial charge in [0.25, 0.3) is 0 Å². The first-order chi connectivity index (χ1) is 8.22. The van der Waals surface area contributed by atoms with E-state index in [0.29, 0.717) is 6.54 Å². The molecule has 0 bridgehead atoms. The number of furan rings is 1. The SMILES string of the molecule is Cc1cccc(CN)c1N(C)Cc1ccoc1. The van der Waals surface area contributed by atoms with Crippen molar-refractivity contribution in [2.75, 3.05) is 11.9 Å². The molecule has 2 rings (SSSR count). The van der Waals surface area contributed by atoms with Crippen LogP contribution in [0.25, 0.3) is 0 Å². The Morgan fingerprint density at radius 1 is 1.29 bits per heavy atom. The van der Waals surface area contributed by atoms with Crippen molar-refractivity contribution in [1.29, 1.82) is 0 Å². The minimum atomic E-state index is 0.562. The number of anilines is 1. The summed E-state index contributed by atoms with van der Waals surface area (Å²) in [7, 11) is 2.08. The lowest BCUT2D eigenvalue weighted by Crippen LogP contribution is -2.19. The van der Waals surface area contributed by atoms with Crippen LogP contribution >= 0.6 is 0 Å². The predicted octanol–water partition coefficient (Wildman–Crippen LogP) is 2.68. The van der Waals surface area contributed by atoms with Gasteiger partial charge in [0.1, 0.15) is 0 Å². The van der Waals surface area contributed by atoms with E-state index in [-0.39, 0.29) is 0 Å². The van der Waals surface area contributed by atoms with Gasteiger partial charge in [0.05, 0.1) is 12.5 Å². The normalized spacial score (nSPS) is 10.5. The Morgan fingerprint density at radius 2 is 2.12 bits per heavy atom. The first-order valence-electron chi connectivity index (χ1n) is 5.73. The van der Waals surface area contributed by atoms with Gasteiger partial charge in [-0.2, -0.15) is 0 Å². The first-order valence-corrected chi connectivity index (χ1v) is 5.73. The highest BCUT2D eigenvalue weighted by molar-refractivity contribution is 5.59. The van der Waals surface area contributed by atoms with Crippen molar-refractivity contribution in [3.05, 3.63) is 53.5 Å². The lowest BCUT2D eigenvalue weighted by Gasteiger charge is -2.23. The summed E-state index contributed by atoms with van der Waals surface area (Å²) in [6.07, 6.45) is 3.47. The van der Waals surface area contributed by atoms with Gasteiger partial charge in [0.15, 0.2) is 0 Å². The van der Waals surface area contributed by atoms with Crippen LogP contribution in [0.4, 0.5) is 5.69 Å². The van der Waals surface area contributed by atoms with E-state index in [9.17, 15) is 0 Å². The Morgan fingerprint density at radius 3 is 2.76 bits per heavy atom. The number of nitrogens with zero attached hydrogens (tertiary/aromatic N) is 1. The molecule has 3 heteroatoms. The zero-order valence-corrected chi connectivity index (χ0v) is 10.3. The molecule has 1 aromatic heterocycles. The average Bonchev–Trinajstić information content (AvgIpc) is 2.81. The second-order valence-electron chi connectivity index (χ2n) is 4.27. The molecule has 0 aliphatic rings. The molecular weight excluding hydrogens is 212 g/mol. The molecule has 17 heavy (non-hydrogen) atoms. The lowest BCUT2D eigenvalue weighted by atomic mass is 10.1. The first kappa shape index (κ1) is 11.7. The third-order valence-corrected chi connectivity index (χ3v) is 2.92. The van der Waals surface area contributed by atoms with Crippen molar-refractivity contribution in [2.45, 2.75) is 20.0 Å². The number of hydrogen-bond donors (Lipinski definition) is 1. The Balaban J connectivity index is 2.26. The molecule has 0 radical (unpaired) electrons. The standard InChI is InChI=1S/C14H18N2O/c1-11-4-3-5-13(8-15)14(11)16(2)9-12-6-7-17-10-12/h3-7,10H,8-9,15H2,1-2H3. The van der Waals surface area contributed by atoms with Crippen LogP contribution in [-0.4, -0.2) is 7.05 Å². The molecule has 1 heterocycles. The van der Waals surface area contributed by atoms with Crippen LogP contribution in [0.5, 0.6) is 0 Å². The zero-order valence-electron chi connectivity index (χ0n) is 10.3. The Bertz CT molecular complexity index is 477. The minimum absolute atomic E-state index is 0.562. The van der Waals surface area contributed by atoms with Gasteiger partial charge >= 0.3 is 0 Å². The van der Waals surface area contributed by atoms with E-state index < -0.39 is 0 Å². The number of rotatable bonds is 4. The lowest BCUT2D eigenvalue weighted by molar-refractivity contribution is 0.563. The molecular formula is C14H18N2O. The van der Waals surface area contributed by atoms with Crippen LogP contribution in [0.15, 0.2) is 41.2 Å². The van der Waals surface area contributed by atoms with Gasteiger partial charge in [0.2, 0.25) is 0 Å². The summed E-state index contributed by atoms with van der Waals surface area (Å²) in [5.74, 6) is 0. The molecule has 0 atom stereocenters. The molecule has 0 aliphatic carbocycles. The fourth-order valence-electron chi connectivity index (χ4n) is 2.17. The van der Waals surface area contributed by atoms with Gasteiger partial charge < -0.3 is 15.1 Å². The highest BCUT2D eigenvalue weighted by atomic mass is 16.3. The molecule has 1 aromatic carbocycles. The van der Waals surface area contributed by atoms with E-state index in [4.69, 9.17) is 10.2 Å². The largest absolute Gasteiger partial charge is 0.472 e. The number of hydrogen-bond acceptors (Lipinski definition) is 3. The second kappa shape index (κ2) is 5.06.